The number of fused-ring (bicyclic) bond motifs is 1. The molecule has 0 spiro atoms. The maximum atomic E-state index is 9.76. The second-order valence-corrected chi connectivity index (χ2v) is 7.16. The number of hydrogen-bond acceptors (Lipinski definition) is 8. The third-order valence-corrected chi connectivity index (χ3v) is 4.39. The zero-order chi connectivity index (χ0) is 20.4. The number of benzene rings is 1. The fraction of sp³-hybridized carbons (Fsp3) is 0.421. The molecule has 28 heavy (non-hydrogen) atoms. The van der Waals surface area contributed by atoms with Crippen LogP contribution in [0.25, 0.3) is 11.2 Å². The van der Waals surface area contributed by atoms with Gasteiger partial charge in [-0.2, -0.15) is 9.97 Å². The Labute approximate surface area is 163 Å². The second-order valence-electron chi connectivity index (χ2n) is 7.16. The Morgan fingerprint density at radius 2 is 1.82 bits per heavy atom. The van der Waals surface area contributed by atoms with Gasteiger partial charge in [0.1, 0.15) is 0 Å². The third-order valence-electron chi connectivity index (χ3n) is 4.39. The normalized spacial score (nSPS) is 13.6. The van der Waals surface area contributed by atoms with E-state index in [4.69, 9.17) is 0 Å². The van der Waals surface area contributed by atoms with Crippen LogP contribution in [-0.4, -0.2) is 47.5 Å². The van der Waals surface area contributed by atoms with Crippen molar-refractivity contribution in [1.82, 2.24) is 19.5 Å². The van der Waals surface area contributed by atoms with Gasteiger partial charge in [-0.15, -0.1) is 0 Å². The van der Waals surface area contributed by atoms with Gasteiger partial charge in [0, 0.05) is 12.6 Å². The first-order chi connectivity index (χ1) is 13.3. The van der Waals surface area contributed by atoms with E-state index in [0.29, 0.717) is 29.5 Å². The van der Waals surface area contributed by atoms with Crippen molar-refractivity contribution in [2.45, 2.75) is 45.9 Å². The van der Waals surface area contributed by atoms with Gasteiger partial charge in [0.25, 0.3) is 0 Å². The maximum Gasteiger partial charge on any atom is 0.226 e. The highest BCUT2D eigenvalue weighted by Gasteiger charge is 2.17. The van der Waals surface area contributed by atoms with Crippen LogP contribution in [0.1, 0.15) is 45.3 Å². The smallest absolute Gasteiger partial charge is 0.226 e. The van der Waals surface area contributed by atoms with Crippen molar-refractivity contribution in [3.05, 3.63) is 30.1 Å². The molecule has 9 heteroatoms. The minimum Gasteiger partial charge on any atom is -0.504 e. The Morgan fingerprint density at radius 1 is 1.07 bits per heavy atom. The number of aromatic nitrogens is 4. The first-order valence-electron chi connectivity index (χ1n) is 9.21. The number of phenolic OH excluding ortho intramolecular Hbond substituents is 2. The topological polar surface area (TPSA) is 128 Å². The number of rotatable bonds is 7. The van der Waals surface area contributed by atoms with E-state index < -0.39 is 6.10 Å². The van der Waals surface area contributed by atoms with Crippen molar-refractivity contribution < 1.29 is 15.3 Å². The molecule has 9 nitrogen and oxygen atoms in total. The predicted octanol–water partition coefficient (Wildman–Crippen LogP) is 2.78. The van der Waals surface area contributed by atoms with Crippen molar-refractivity contribution >= 4 is 22.9 Å². The van der Waals surface area contributed by atoms with E-state index in [1.165, 1.54) is 12.1 Å². The molecule has 0 amide bonds. The molecular formula is C19H26N6O3. The van der Waals surface area contributed by atoms with Gasteiger partial charge in [-0.25, -0.2) is 4.98 Å². The number of phenols is 2. The maximum absolute atomic E-state index is 9.76. The van der Waals surface area contributed by atoms with Crippen LogP contribution < -0.4 is 10.6 Å². The molecule has 0 aliphatic heterocycles. The van der Waals surface area contributed by atoms with Gasteiger partial charge < -0.3 is 30.5 Å². The van der Waals surface area contributed by atoms with Crippen molar-refractivity contribution in [3.8, 4) is 11.5 Å². The number of aliphatic hydroxyl groups excluding tert-OH is 1. The SMILES string of the molecule is CC(O)CNc1nc(NC(C)c2ccc(O)c(O)c2)c2ncn(C(C)C)c2n1. The quantitative estimate of drug-likeness (QED) is 0.392. The minimum absolute atomic E-state index is 0.166. The Morgan fingerprint density at radius 3 is 2.46 bits per heavy atom. The standard InChI is InChI=1S/C19H26N6O3/c1-10(2)25-9-21-16-17(23-19(24-18(16)25)20-8-11(3)26)22-12(4)13-5-6-14(27)15(28)7-13/h5-7,9-12,26-28H,8H2,1-4H3,(H2,20,22,23,24). The fourth-order valence-corrected chi connectivity index (χ4v) is 2.81. The summed E-state index contributed by atoms with van der Waals surface area (Å²) in [6.07, 6.45) is 1.19. The Kier molecular flexibility index (Phi) is 5.55. The summed E-state index contributed by atoms with van der Waals surface area (Å²) in [5.74, 6) is 0.583. The molecular weight excluding hydrogens is 360 g/mol. The lowest BCUT2D eigenvalue weighted by Gasteiger charge is -2.17. The fourth-order valence-electron chi connectivity index (χ4n) is 2.81. The van der Waals surface area contributed by atoms with Crippen LogP contribution >= 0.6 is 0 Å². The number of nitrogens with zero attached hydrogens (tertiary/aromatic N) is 4. The molecule has 3 rings (SSSR count). The van der Waals surface area contributed by atoms with Gasteiger partial charge in [0.05, 0.1) is 18.5 Å². The molecule has 0 bridgehead atoms. The summed E-state index contributed by atoms with van der Waals surface area (Å²) < 4.78 is 1.95. The number of nitrogens with one attached hydrogen (secondary N) is 2. The number of hydrogen-bond donors (Lipinski definition) is 5. The van der Waals surface area contributed by atoms with Crippen molar-refractivity contribution in [1.29, 1.82) is 0 Å². The first-order valence-corrected chi connectivity index (χ1v) is 9.21. The van der Waals surface area contributed by atoms with E-state index >= 15 is 0 Å². The first kappa shape index (κ1) is 19.7. The van der Waals surface area contributed by atoms with Gasteiger partial charge in [-0.05, 0) is 45.4 Å². The highest BCUT2D eigenvalue weighted by atomic mass is 16.3. The monoisotopic (exact) mass is 386 g/mol. The number of aromatic hydroxyl groups is 2. The molecule has 3 aromatic rings. The third kappa shape index (κ3) is 4.09. The molecule has 2 heterocycles. The zero-order valence-corrected chi connectivity index (χ0v) is 16.4. The molecule has 0 fully saturated rings. The minimum atomic E-state index is -0.537. The van der Waals surface area contributed by atoms with Crippen LogP contribution in [0.2, 0.25) is 0 Å². The molecule has 5 N–H and O–H groups in total. The van der Waals surface area contributed by atoms with Crippen LogP contribution in [0, 0.1) is 0 Å². The van der Waals surface area contributed by atoms with E-state index in [1.54, 1.807) is 19.3 Å². The van der Waals surface area contributed by atoms with Gasteiger partial charge >= 0.3 is 0 Å². The highest BCUT2D eigenvalue weighted by Crippen LogP contribution is 2.31. The van der Waals surface area contributed by atoms with E-state index in [9.17, 15) is 15.3 Å². The molecule has 0 radical (unpaired) electrons. The van der Waals surface area contributed by atoms with Crippen LogP contribution in [0.15, 0.2) is 24.5 Å². The van der Waals surface area contributed by atoms with E-state index in [-0.39, 0.29) is 23.6 Å². The summed E-state index contributed by atoms with van der Waals surface area (Å²) >= 11 is 0. The van der Waals surface area contributed by atoms with E-state index in [0.717, 1.165) is 5.56 Å². The van der Waals surface area contributed by atoms with Crippen molar-refractivity contribution in [3.63, 3.8) is 0 Å². The molecule has 2 aromatic heterocycles. The summed E-state index contributed by atoms with van der Waals surface area (Å²) in [6.45, 7) is 8.01. The van der Waals surface area contributed by atoms with Crippen LogP contribution in [0.4, 0.5) is 11.8 Å². The van der Waals surface area contributed by atoms with Gasteiger partial charge in [0.15, 0.2) is 28.5 Å². The van der Waals surface area contributed by atoms with Crippen LogP contribution in [0.5, 0.6) is 11.5 Å². The summed E-state index contributed by atoms with van der Waals surface area (Å²) in [7, 11) is 0. The average Bonchev–Trinajstić information content (AvgIpc) is 3.06. The van der Waals surface area contributed by atoms with Crippen LogP contribution in [0.3, 0.4) is 0 Å². The number of aliphatic hydroxyl groups is 1. The van der Waals surface area contributed by atoms with Crippen molar-refractivity contribution in [2.24, 2.45) is 0 Å². The summed E-state index contributed by atoms with van der Waals surface area (Å²) in [5.41, 5.74) is 2.09. The molecule has 0 saturated heterocycles. The van der Waals surface area contributed by atoms with Gasteiger partial charge in [-0.1, -0.05) is 6.07 Å². The van der Waals surface area contributed by atoms with E-state index in [1.807, 2.05) is 25.3 Å². The molecule has 0 saturated carbocycles. The zero-order valence-electron chi connectivity index (χ0n) is 16.4. The summed E-state index contributed by atoms with van der Waals surface area (Å²) in [4.78, 5) is 13.5. The summed E-state index contributed by atoms with van der Waals surface area (Å²) in [5, 5.41) is 35.2. The molecule has 2 atom stereocenters. The van der Waals surface area contributed by atoms with Crippen molar-refractivity contribution in [2.75, 3.05) is 17.2 Å². The van der Waals surface area contributed by atoms with Gasteiger partial charge in [-0.3, -0.25) is 0 Å². The lowest BCUT2D eigenvalue weighted by Crippen LogP contribution is -2.18. The largest absolute Gasteiger partial charge is 0.504 e. The highest BCUT2D eigenvalue weighted by molar-refractivity contribution is 5.84. The molecule has 0 aliphatic carbocycles. The predicted molar refractivity (Wildman–Crippen MR) is 108 cm³/mol. The van der Waals surface area contributed by atoms with E-state index in [2.05, 4.69) is 25.6 Å². The average molecular weight is 386 g/mol. The number of anilines is 2. The molecule has 2 unspecified atom stereocenters. The Balaban J connectivity index is 1.98. The molecule has 0 aliphatic rings. The Hall–Kier alpha value is -3.07. The Bertz CT molecular complexity index is 970. The lowest BCUT2D eigenvalue weighted by molar-refractivity contribution is 0.208. The summed E-state index contributed by atoms with van der Waals surface area (Å²) in [6, 6.07) is 4.64. The molecule has 150 valence electrons. The lowest BCUT2D eigenvalue weighted by atomic mass is 10.1. The number of imidazole rings is 1. The second kappa shape index (κ2) is 7.89. The molecule has 1 aromatic carbocycles. The van der Waals surface area contributed by atoms with Crippen LogP contribution in [-0.2, 0) is 0 Å². The van der Waals surface area contributed by atoms with Gasteiger partial charge in [0.2, 0.25) is 5.95 Å².